The molecule has 0 spiro atoms. The van der Waals surface area contributed by atoms with Gasteiger partial charge in [-0.2, -0.15) is 0 Å². The summed E-state index contributed by atoms with van der Waals surface area (Å²) in [5.74, 6) is 0.326. The van der Waals surface area contributed by atoms with Gasteiger partial charge in [-0.15, -0.1) is 24.8 Å². The Bertz CT molecular complexity index is 1460. The lowest BCUT2D eigenvalue weighted by molar-refractivity contribution is 0.102. The molecule has 5 aromatic rings. The summed E-state index contributed by atoms with van der Waals surface area (Å²) in [4.78, 5) is 23.2. The molecule has 0 saturated carbocycles. The first-order chi connectivity index (χ1) is 16.6. The van der Waals surface area contributed by atoms with Crippen LogP contribution in [-0.4, -0.2) is 15.9 Å². The van der Waals surface area contributed by atoms with E-state index in [9.17, 15) is 4.79 Å². The van der Waals surface area contributed by atoms with E-state index in [0.29, 0.717) is 11.4 Å². The van der Waals surface area contributed by atoms with E-state index in [1.807, 2.05) is 78.9 Å². The molecule has 182 valence electrons. The van der Waals surface area contributed by atoms with Gasteiger partial charge in [0.25, 0.3) is 5.91 Å². The van der Waals surface area contributed by atoms with Crippen molar-refractivity contribution in [2.45, 2.75) is 9.79 Å². The average molecular weight is 536 g/mol. The van der Waals surface area contributed by atoms with Crippen molar-refractivity contribution in [2.24, 2.45) is 0 Å². The van der Waals surface area contributed by atoms with E-state index in [-0.39, 0.29) is 30.7 Å². The molecule has 6 nitrogen and oxygen atoms in total. The molecule has 36 heavy (non-hydrogen) atoms. The Morgan fingerprint density at radius 1 is 0.750 bits per heavy atom. The summed E-state index contributed by atoms with van der Waals surface area (Å²) in [5.41, 5.74) is 9.84. The number of hydrogen-bond donors (Lipinski definition) is 3. The fraction of sp³-hybridized carbons (Fsp3) is 0. The second-order valence-corrected chi connectivity index (χ2v) is 8.72. The summed E-state index contributed by atoms with van der Waals surface area (Å²) in [5, 5.41) is 7.39. The third kappa shape index (κ3) is 6.46. The summed E-state index contributed by atoms with van der Waals surface area (Å²) < 4.78 is 0. The quantitative estimate of drug-likeness (QED) is 0.213. The van der Waals surface area contributed by atoms with Gasteiger partial charge in [0.2, 0.25) is 0 Å². The summed E-state index contributed by atoms with van der Waals surface area (Å²) >= 11 is 1.58. The minimum atomic E-state index is -0.164. The minimum Gasteiger partial charge on any atom is -0.384 e. The van der Waals surface area contributed by atoms with Crippen LogP contribution in [0.3, 0.4) is 0 Å². The largest absolute Gasteiger partial charge is 0.384 e. The molecule has 0 unspecified atom stereocenters. The van der Waals surface area contributed by atoms with Gasteiger partial charge in [0.15, 0.2) is 0 Å². The molecule has 2 heterocycles. The van der Waals surface area contributed by atoms with Crippen molar-refractivity contribution >= 4 is 76.3 Å². The zero-order valence-electron chi connectivity index (χ0n) is 18.9. The van der Waals surface area contributed by atoms with Crippen LogP contribution in [0.4, 0.5) is 22.9 Å². The Morgan fingerprint density at radius 2 is 1.44 bits per heavy atom. The van der Waals surface area contributed by atoms with Gasteiger partial charge in [0.1, 0.15) is 5.82 Å². The number of amides is 1. The minimum absolute atomic E-state index is 0. The first-order valence-corrected chi connectivity index (χ1v) is 11.5. The molecular weight excluding hydrogens is 513 g/mol. The number of nitrogens with zero attached hydrogens (tertiary/aromatic N) is 2. The van der Waals surface area contributed by atoms with Gasteiger partial charge in [0.05, 0.1) is 5.52 Å². The molecule has 2 aromatic heterocycles. The van der Waals surface area contributed by atoms with E-state index in [1.165, 1.54) is 0 Å². The van der Waals surface area contributed by atoms with Gasteiger partial charge < -0.3 is 16.4 Å². The van der Waals surface area contributed by atoms with Crippen LogP contribution in [0.1, 0.15) is 10.4 Å². The maximum atomic E-state index is 12.7. The number of fused-ring (bicyclic) bond motifs is 1. The third-order valence-electron chi connectivity index (χ3n) is 5.18. The van der Waals surface area contributed by atoms with Crippen LogP contribution in [0.15, 0.2) is 113 Å². The van der Waals surface area contributed by atoms with E-state index < -0.39 is 0 Å². The highest BCUT2D eigenvalue weighted by molar-refractivity contribution is 7.99. The number of aromatic nitrogens is 2. The van der Waals surface area contributed by atoms with Crippen LogP contribution in [0.2, 0.25) is 0 Å². The van der Waals surface area contributed by atoms with Gasteiger partial charge in [-0.25, -0.2) is 4.98 Å². The molecule has 0 fully saturated rings. The van der Waals surface area contributed by atoms with Crippen molar-refractivity contribution in [3.8, 4) is 0 Å². The molecule has 0 aliphatic carbocycles. The first kappa shape index (κ1) is 26.8. The molecule has 0 saturated heterocycles. The Balaban J connectivity index is 0.00000180. The number of pyridine rings is 2. The van der Waals surface area contributed by atoms with Gasteiger partial charge in [-0.1, -0.05) is 30.0 Å². The maximum absolute atomic E-state index is 12.7. The molecule has 0 bridgehead atoms. The molecular formula is C27H23Cl2N5OS. The predicted molar refractivity (Wildman–Crippen MR) is 153 cm³/mol. The van der Waals surface area contributed by atoms with E-state index in [4.69, 9.17) is 5.73 Å². The smallest absolute Gasteiger partial charge is 0.255 e. The molecule has 5 rings (SSSR count). The highest BCUT2D eigenvalue weighted by atomic mass is 35.5. The van der Waals surface area contributed by atoms with Gasteiger partial charge >= 0.3 is 0 Å². The number of rotatable bonds is 6. The SMILES string of the molecule is Cl.Cl.Nc1cc(Sc2ccc(NC(=O)c3ccc(Nc4ccnc5ccccc45)cc3)cc2)ccn1. The molecule has 0 aliphatic rings. The molecule has 3 aromatic carbocycles. The monoisotopic (exact) mass is 535 g/mol. The van der Waals surface area contributed by atoms with Gasteiger partial charge in [0, 0.05) is 50.2 Å². The number of nitrogens with two attached hydrogens (primary N) is 1. The van der Waals surface area contributed by atoms with E-state index in [1.54, 1.807) is 36.3 Å². The predicted octanol–water partition coefficient (Wildman–Crippen LogP) is 7.20. The normalized spacial score (nSPS) is 10.1. The molecule has 9 heteroatoms. The summed E-state index contributed by atoms with van der Waals surface area (Å²) in [6, 6.07) is 28.7. The van der Waals surface area contributed by atoms with E-state index >= 15 is 0 Å². The van der Waals surface area contributed by atoms with Crippen molar-refractivity contribution < 1.29 is 4.79 Å². The molecule has 1 amide bonds. The van der Waals surface area contributed by atoms with Crippen LogP contribution in [0, 0.1) is 0 Å². The summed E-state index contributed by atoms with van der Waals surface area (Å²) in [6.45, 7) is 0. The number of halogens is 2. The Morgan fingerprint density at radius 3 is 2.19 bits per heavy atom. The third-order valence-corrected chi connectivity index (χ3v) is 6.17. The number of anilines is 4. The fourth-order valence-electron chi connectivity index (χ4n) is 3.50. The zero-order valence-corrected chi connectivity index (χ0v) is 21.4. The van der Waals surface area contributed by atoms with Gasteiger partial charge in [-0.3, -0.25) is 9.78 Å². The topological polar surface area (TPSA) is 92.9 Å². The molecule has 4 N–H and O–H groups in total. The number of carbonyl (C=O) groups is 1. The lowest BCUT2D eigenvalue weighted by Gasteiger charge is -2.10. The van der Waals surface area contributed by atoms with Crippen LogP contribution in [-0.2, 0) is 0 Å². The number of para-hydroxylation sites is 1. The molecule has 0 atom stereocenters. The second kappa shape index (κ2) is 12.3. The van der Waals surface area contributed by atoms with Crippen molar-refractivity contribution in [1.29, 1.82) is 0 Å². The lowest BCUT2D eigenvalue weighted by Crippen LogP contribution is -2.11. The summed E-state index contributed by atoms with van der Waals surface area (Å²) in [6.07, 6.45) is 3.47. The van der Waals surface area contributed by atoms with Crippen LogP contribution < -0.4 is 16.4 Å². The van der Waals surface area contributed by atoms with Crippen molar-refractivity contribution in [3.05, 3.63) is 109 Å². The number of nitrogen functional groups attached to an aromatic ring is 1. The number of nitrogens with one attached hydrogen (secondary N) is 2. The van der Waals surface area contributed by atoms with Crippen LogP contribution >= 0.6 is 36.6 Å². The van der Waals surface area contributed by atoms with Crippen LogP contribution in [0.5, 0.6) is 0 Å². The Hall–Kier alpha value is -3.78. The number of benzene rings is 3. The first-order valence-electron chi connectivity index (χ1n) is 10.7. The Kier molecular flexibility index (Phi) is 9.13. The second-order valence-electron chi connectivity index (χ2n) is 7.57. The van der Waals surface area contributed by atoms with Crippen LogP contribution in [0.25, 0.3) is 10.9 Å². The van der Waals surface area contributed by atoms with Crippen molar-refractivity contribution in [2.75, 3.05) is 16.4 Å². The van der Waals surface area contributed by atoms with E-state index in [0.717, 1.165) is 37.8 Å². The average Bonchev–Trinajstić information content (AvgIpc) is 2.86. The molecule has 0 aliphatic heterocycles. The highest BCUT2D eigenvalue weighted by Gasteiger charge is 2.08. The lowest BCUT2D eigenvalue weighted by atomic mass is 10.1. The fourth-order valence-corrected chi connectivity index (χ4v) is 4.36. The standard InChI is InChI=1S/C27H21N5OS.2ClH/c28-26-17-22(13-15-30-26)34-21-11-9-20(10-12-21)32-27(33)18-5-7-19(8-6-18)31-25-14-16-29-24-4-2-1-3-23(24)25;;/h1-17H,(H2,28,30)(H,29,31)(H,32,33);2*1H. The van der Waals surface area contributed by atoms with Crippen molar-refractivity contribution in [1.82, 2.24) is 9.97 Å². The van der Waals surface area contributed by atoms with Crippen molar-refractivity contribution in [3.63, 3.8) is 0 Å². The summed E-state index contributed by atoms with van der Waals surface area (Å²) in [7, 11) is 0. The maximum Gasteiger partial charge on any atom is 0.255 e. The zero-order chi connectivity index (χ0) is 23.3. The van der Waals surface area contributed by atoms with E-state index in [2.05, 4.69) is 20.6 Å². The number of carbonyl (C=O) groups excluding carboxylic acids is 1. The Labute approximate surface area is 225 Å². The highest BCUT2D eigenvalue weighted by Crippen LogP contribution is 2.29. The van der Waals surface area contributed by atoms with Gasteiger partial charge in [-0.05, 0) is 72.8 Å². The molecule has 0 radical (unpaired) electrons. The number of hydrogen-bond acceptors (Lipinski definition) is 6.